The number of primary sulfonamides is 1. The summed E-state index contributed by atoms with van der Waals surface area (Å²) in [5.74, 6) is -0.293. The normalized spacial score (nSPS) is 12.9. The standard InChI is InChI=1S/C13H13BrN2O4S/c1-8(16-13(17)11-6-7-20-12(11)14)9-2-4-10(5-3-9)21(15,18)19/h2-8H,1H3,(H,16,17)(H2,15,18,19). The molecule has 1 atom stereocenters. The lowest BCUT2D eigenvalue weighted by Crippen LogP contribution is -2.26. The highest BCUT2D eigenvalue weighted by Gasteiger charge is 2.16. The van der Waals surface area contributed by atoms with E-state index in [9.17, 15) is 13.2 Å². The summed E-state index contributed by atoms with van der Waals surface area (Å²) in [6, 6.07) is 7.27. The van der Waals surface area contributed by atoms with Gasteiger partial charge in [-0.2, -0.15) is 0 Å². The number of rotatable bonds is 4. The summed E-state index contributed by atoms with van der Waals surface area (Å²) in [6.07, 6.45) is 1.41. The zero-order valence-corrected chi connectivity index (χ0v) is 13.4. The summed E-state index contributed by atoms with van der Waals surface area (Å²) in [6.45, 7) is 1.79. The van der Waals surface area contributed by atoms with E-state index < -0.39 is 10.0 Å². The first kappa shape index (κ1) is 15.7. The van der Waals surface area contributed by atoms with Gasteiger partial charge in [-0.15, -0.1) is 0 Å². The molecule has 2 aromatic rings. The number of nitrogens with two attached hydrogens (primary N) is 1. The van der Waals surface area contributed by atoms with Crippen LogP contribution in [-0.4, -0.2) is 14.3 Å². The van der Waals surface area contributed by atoms with Crippen molar-refractivity contribution in [2.45, 2.75) is 17.9 Å². The Labute approximate surface area is 130 Å². The monoisotopic (exact) mass is 372 g/mol. The molecule has 1 heterocycles. The lowest BCUT2D eigenvalue weighted by Gasteiger charge is -2.14. The maximum Gasteiger partial charge on any atom is 0.256 e. The molecule has 0 saturated carbocycles. The van der Waals surface area contributed by atoms with Crippen LogP contribution in [0.1, 0.15) is 28.9 Å². The van der Waals surface area contributed by atoms with Crippen molar-refractivity contribution in [1.29, 1.82) is 0 Å². The largest absolute Gasteiger partial charge is 0.457 e. The van der Waals surface area contributed by atoms with Crippen LogP contribution < -0.4 is 10.5 Å². The van der Waals surface area contributed by atoms with E-state index in [0.29, 0.717) is 10.2 Å². The van der Waals surface area contributed by atoms with E-state index in [2.05, 4.69) is 21.2 Å². The van der Waals surface area contributed by atoms with Gasteiger partial charge >= 0.3 is 0 Å². The van der Waals surface area contributed by atoms with E-state index in [4.69, 9.17) is 9.56 Å². The highest BCUT2D eigenvalue weighted by atomic mass is 79.9. The zero-order chi connectivity index (χ0) is 15.6. The fraction of sp³-hybridized carbons (Fsp3) is 0.154. The van der Waals surface area contributed by atoms with Gasteiger partial charge in [0.1, 0.15) is 0 Å². The van der Waals surface area contributed by atoms with Crippen molar-refractivity contribution < 1.29 is 17.6 Å². The van der Waals surface area contributed by atoms with Gasteiger partial charge in [0.25, 0.3) is 5.91 Å². The van der Waals surface area contributed by atoms with Crippen molar-refractivity contribution in [2.24, 2.45) is 5.14 Å². The molecule has 1 aromatic heterocycles. The molecule has 3 N–H and O–H groups in total. The molecular formula is C13H13BrN2O4S. The van der Waals surface area contributed by atoms with Crippen LogP contribution in [0.3, 0.4) is 0 Å². The predicted molar refractivity (Wildman–Crippen MR) is 80.1 cm³/mol. The van der Waals surface area contributed by atoms with E-state index in [1.165, 1.54) is 18.4 Å². The molecule has 1 amide bonds. The Hall–Kier alpha value is -1.64. The molecule has 21 heavy (non-hydrogen) atoms. The van der Waals surface area contributed by atoms with Crippen molar-refractivity contribution in [2.75, 3.05) is 0 Å². The van der Waals surface area contributed by atoms with Crippen LogP contribution in [0.2, 0.25) is 0 Å². The maximum atomic E-state index is 12.0. The van der Waals surface area contributed by atoms with E-state index in [1.807, 2.05) is 0 Å². The molecule has 0 saturated heterocycles. The quantitative estimate of drug-likeness (QED) is 0.858. The van der Waals surface area contributed by atoms with Crippen molar-refractivity contribution in [3.8, 4) is 0 Å². The smallest absolute Gasteiger partial charge is 0.256 e. The second-order valence-corrected chi connectivity index (χ2v) is 6.70. The van der Waals surface area contributed by atoms with Crippen LogP contribution >= 0.6 is 15.9 Å². The van der Waals surface area contributed by atoms with Crippen LogP contribution in [0.4, 0.5) is 0 Å². The molecule has 0 spiro atoms. The van der Waals surface area contributed by atoms with Gasteiger partial charge < -0.3 is 9.73 Å². The molecule has 0 bridgehead atoms. The van der Waals surface area contributed by atoms with Crippen LogP contribution in [0.15, 0.2) is 50.6 Å². The first-order chi connectivity index (χ1) is 9.79. The first-order valence-corrected chi connectivity index (χ1v) is 8.29. The van der Waals surface area contributed by atoms with Gasteiger partial charge in [-0.05, 0) is 46.6 Å². The predicted octanol–water partition coefficient (Wildman–Crippen LogP) is 2.18. The lowest BCUT2D eigenvalue weighted by atomic mass is 10.1. The third-order valence-electron chi connectivity index (χ3n) is 2.92. The first-order valence-electron chi connectivity index (χ1n) is 5.95. The van der Waals surface area contributed by atoms with Crippen molar-refractivity contribution in [1.82, 2.24) is 5.32 Å². The van der Waals surface area contributed by atoms with Crippen LogP contribution in [0.5, 0.6) is 0 Å². The molecule has 112 valence electrons. The Morgan fingerprint density at radius 2 is 1.90 bits per heavy atom. The Kier molecular flexibility index (Phi) is 4.50. The Balaban J connectivity index is 2.12. The van der Waals surface area contributed by atoms with Gasteiger partial charge in [-0.25, -0.2) is 13.6 Å². The lowest BCUT2D eigenvalue weighted by molar-refractivity contribution is 0.0938. The third kappa shape index (κ3) is 3.72. The summed E-state index contributed by atoms with van der Waals surface area (Å²) in [7, 11) is -3.72. The SMILES string of the molecule is CC(NC(=O)c1ccoc1Br)c1ccc(S(N)(=O)=O)cc1. The summed E-state index contributed by atoms with van der Waals surface area (Å²) in [5, 5.41) is 7.82. The summed E-state index contributed by atoms with van der Waals surface area (Å²) < 4.78 is 27.7. The third-order valence-corrected chi connectivity index (χ3v) is 4.46. The minimum absolute atomic E-state index is 0.0300. The second kappa shape index (κ2) is 6.00. The number of carbonyl (C=O) groups excluding carboxylic acids is 1. The van der Waals surface area contributed by atoms with E-state index in [1.54, 1.807) is 25.1 Å². The molecule has 2 rings (SSSR count). The van der Waals surface area contributed by atoms with Crippen LogP contribution in [0, 0.1) is 0 Å². The molecule has 1 aromatic carbocycles. The average Bonchev–Trinajstić information content (AvgIpc) is 2.84. The summed E-state index contributed by atoms with van der Waals surface area (Å²) in [4.78, 5) is 12.0. The molecule has 1 unspecified atom stereocenters. The number of furan rings is 1. The molecule has 0 aliphatic heterocycles. The molecule has 8 heteroatoms. The molecule has 6 nitrogen and oxygen atoms in total. The van der Waals surface area contributed by atoms with Crippen LogP contribution in [0.25, 0.3) is 0 Å². The van der Waals surface area contributed by atoms with Gasteiger partial charge in [0.05, 0.1) is 22.8 Å². The average molecular weight is 373 g/mol. The molecule has 0 fully saturated rings. The van der Waals surface area contributed by atoms with Crippen molar-refractivity contribution in [3.63, 3.8) is 0 Å². The molecular weight excluding hydrogens is 360 g/mol. The van der Waals surface area contributed by atoms with Gasteiger partial charge in [-0.1, -0.05) is 12.1 Å². The number of sulfonamides is 1. The van der Waals surface area contributed by atoms with Crippen molar-refractivity contribution >= 4 is 31.9 Å². The minimum atomic E-state index is -3.72. The van der Waals surface area contributed by atoms with E-state index in [0.717, 1.165) is 5.56 Å². The second-order valence-electron chi connectivity index (χ2n) is 4.42. The highest BCUT2D eigenvalue weighted by Crippen LogP contribution is 2.20. The number of hydrogen-bond donors (Lipinski definition) is 2. The molecule has 0 aliphatic carbocycles. The summed E-state index contributed by atoms with van der Waals surface area (Å²) >= 11 is 3.14. The van der Waals surface area contributed by atoms with Gasteiger partial charge in [-0.3, -0.25) is 4.79 Å². The highest BCUT2D eigenvalue weighted by molar-refractivity contribution is 9.10. The Morgan fingerprint density at radius 1 is 1.29 bits per heavy atom. The van der Waals surface area contributed by atoms with Crippen LogP contribution in [-0.2, 0) is 10.0 Å². The van der Waals surface area contributed by atoms with E-state index >= 15 is 0 Å². The van der Waals surface area contributed by atoms with Crippen molar-refractivity contribution in [3.05, 3.63) is 52.4 Å². The van der Waals surface area contributed by atoms with Gasteiger partial charge in [0.15, 0.2) is 4.67 Å². The number of hydrogen-bond acceptors (Lipinski definition) is 4. The number of halogens is 1. The number of benzene rings is 1. The zero-order valence-electron chi connectivity index (χ0n) is 11.0. The van der Waals surface area contributed by atoms with Gasteiger partial charge in [0, 0.05) is 0 Å². The maximum absolute atomic E-state index is 12.0. The molecule has 0 radical (unpaired) electrons. The number of amides is 1. The number of carbonyl (C=O) groups is 1. The summed E-state index contributed by atoms with van der Waals surface area (Å²) in [5.41, 5.74) is 1.15. The fourth-order valence-corrected chi connectivity index (χ4v) is 2.70. The van der Waals surface area contributed by atoms with E-state index in [-0.39, 0.29) is 16.8 Å². The van der Waals surface area contributed by atoms with Gasteiger partial charge in [0.2, 0.25) is 10.0 Å². The molecule has 0 aliphatic rings. The fourth-order valence-electron chi connectivity index (χ4n) is 1.76. The Morgan fingerprint density at radius 3 is 2.38 bits per heavy atom. The topological polar surface area (TPSA) is 102 Å². The Bertz CT molecular complexity index is 753. The minimum Gasteiger partial charge on any atom is -0.457 e. The number of nitrogens with one attached hydrogen (secondary N) is 1.